The zero-order valence-corrected chi connectivity index (χ0v) is 14.0. The van der Waals surface area contributed by atoms with E-state index in [2.05, 4.69) is 25.8 Å². The van der Waals surface area contributed by atoms with Crippen molar-refractivity contribution in [1.29, 1.82) is 0 Å². The van der Waals surface area contributed by atoms with Crippen LogP contribution in [-0.4, -0.2) is 19.9 Å². The molecule has 114 valence electrons. The van der Waals surface area contributed by atoms with Crippen LogP contribution in [0.4, 0.5) is 0 Å². The molecule has 2 rings (SSSR count). The van der Waals surface area contributed by atoms with Crippen LogP contribution < -0.4 is 11.2 Å². The van der Waals surface area contributed by atoms with Gasteiger partial charge in [0, 0.05) is 25.2 Å². The Kier molecular flexibility index (Phi) is 4.56. The second kappa shape index (κ2) is 6.05. The number of thioether (sulfide) groups is 1. The van der Waals surface area contributed by atoms with Gasteiger partial charge < -0.3 is 0 Å². The molecule has 0 atom stereocenters. The van der Waals surface area contributed by atoms with E-state index in [9.17, 15) is 9.59 Å². The maximum absolute atomic E-state index is 12.5. The number of hydrogen-bond donors (Lipinski definition) is 0. The molecule has 0 amide bonds. The van der Waals surface area contributed by atoms with E-state index >= 15 is 0 Å². The van der Waals surface area contributed by atoms with E-state index in [0.29, 0.717) is 17.0 Å². The number of rotatable bonds is 4. The van der Waals surface area contributed by atoms with E-state index in [1.165, 1.54) is 11.6 Å². The average molecular weight is 307 g/mol. The minimum atomic E-state index is -0.343. The van der Waals surface area contributed by atoms with Crippen LogP contribution in [0.3, 0.4) is 0 Å². The van der Waals surface area contributed by atoms with Gasteiger partial charge >= 0.3 is 5.69 Å². The Morgan fingerprint density at radius 3 is 2.48 bits per heavy atom. The zero-order chi connectivity index (χ0) is 15.7. The lowest BCUT2D eigenvalue weighted by molar-refractivity contribution is 0.638. The van der Waals surface area contributed by atoms with Gasteiger partial charge in [-0.15, -0.1) is 11.8 Å². The summed E-state index contributed by atoms with van der Waals surface area (Å²) in [5, 5.41) is 0.560. The number of fused-ring (bicyclic) bond motifs is 1. The van der Waals surface area contributed by atoms with Crippen molar-refractivity contribution in [1.82, 2.24) is 14.1 Å². The second-order valence-corrected chi connectivity index (χ2v) is 6.82. The summed E-state index contributed by atoms with van der Waals surface area (Å²) in [4.78, 5) is 29.9. The molecule has 21 heavy (non-hydrogen) atoms. The fraction of sp³-hybridized carbons (Fsp3) is 0.533. The fourth-order valence-electron chi connectivity index (χ4n) is 2.44. The van der Waals surface area contributed by atoms with Crippen molar-refractivity contribution in [2.75, 3.05) is 5.75 Å². The first-order valence-electron chi connectivity index (χ1n) is 7.08. The van der Waals surface area contributed by atoms with Crippen LogP contribution >= 0.6 is 11.8 Å². The Bertz CT molecular complexity index is 790. The second-order valence-electron chi connectivity index (χ2n) is 5.55. The van der Waals surface area contributed by atoms with Crippen LogP contribution in [0.1, 0.15) is 26.3 Å². The Balaban J connectivity index is 2.92. The summed E-state index contributed by atoms with van der Waals surface area (Å²) in [7, 11) is 3.17. The van der Waals surface area contributed by atoms with Gasteiger partial charge in [-0.1, -0.05) is 20.8 Å². The van der Waals surface area contributed by atoms with E-state index in [0.717, 1.165) is 27.2 Å². The van der Waals surface area contributed by atoms with Gasteiger partial charge in [0.1, 0.15) is 5.65 Å². The fourth-order valence-corrected chi connectivity index (χ4v) is 3.37. The van der Waals surface area contributed by atoms with Crippen molar-refractivity contribution < 1.29 is 0 Å². The lowest BCUT2D eigenvalue weighted by Gasteiger charge is -2.15. The van der Waals surface area contributed by atoms with Crippen LogP contribution in [0.5, 0.6) is 0 Å². The van der Waals surface area contributed by atoms with Crippen molar-refractivity contribution in [2.45, 2.75) is 32.1 Å². The summed E-state index contributed by atoms with van der Waals surface area (Å²) in [5.74, 6) is 1.35. The van der Waals surface area contributed by atoms with Crippen LogP contribution in [0.25, 0.3) is 11.0 Å². The van der Waals surface area contributed by atoms with Crippen LogP contribution in [0.2, 0.25) is 0 Å². The van der Waals surface area contributed by atoms with Gasteiger partial charge in [-0.05, 0) is 23.7 Å². The minimum absolute atomic E-state index is 0.262. The number of pyridine rings is 1. The standard InChI is InChI=1S/C15H21N3O2S/c1-6-21-12-10(7-9(2)3)8-16-13-11(12)14(19)18(5)15(20)17(13)4/h8-9H,6-7H2,1-5H3. The Morgan fingerprint density at radius 1 is 1.24 bits per heavy atom. The van der Waals surface area contributed by atoms with E-state index in [-0.39, 0.29) is 11.2 Å². The molecule has 0 N–H and O–H groups in total. The summed E-state index contributed by atoms with van der Waals surface area (Å²) >= 11 is 1.64. The lowest BCUT2D eigenvalue weighted by Crippen LogP contribution is -2.37. The number of nitrogens with zero attached hydrogens (tertiary/aromatic N) is 3. The van der Waals surface area contributed by atoms with Gasteiger partial charge in [0.15, 0.2) is 0 Å². The normalized spacial score (nSPS) is 11.5. The van der Waals surface area contributed by atoms with E-state index in [4.69, 9.17) is 0 Å². The maximum atomic E-state index is 12.5. The van der Waals surface area contributed by atoms with Gasteiger partial charge in [0.25, 0.3) is 5.56 Å². The van der Waals surface area contributed by atoms with Gasteiger partial charge in [0.05, 0.1) is 5.39 Å². The van der Waals surface area contributed by atoms with E-state index < -0.39 is 0 Å². The molecule has 0 aromatic carbocycles. The summed E-state index contributed by atoms with van der Waals surface area (Å²) < 4.78 is 2.60. The third kappa shape index (κ3) is 2.77. The minimum Gasteiger partial charge on any atom is -0.280 e. The summed E-state index contributed by atoms with van der Waals surface area (Å²) in [5.41, 5.74) is 0.942. The molecule has 0 saturated heterocycles. The molecule has 0 aliphatic rings. The smallest absolute Gasteiger partial charge is 0.280 e. The van der Waals surface area contributed by atoms with Crippen molar-refractivity contribution >= 4 is 22.8 Å². The molecule has 2 heterocycles. The first-order chi connectivity index (χ1) is 9.88. The number of hydrogen-bond acceptors (Lipinski definition) is 4. The highest BCUT2D eigenvalue weighted by Crippen LogP contribution is 2.29. The highest BCUT2D eigenvalue weighted by atomic mass is 32.2. The highest BCUT2D eigenvalue weighted by molar-refractivity contribution is 7.99. The van der Waals surface area contributed by atoms with Crippen LogP contribution in [0, 0.1) is 5.92 Å². The Hall–Kier alpha value is -1.56. The first-order valence-corrected chi connectivity index (χ1v) is 8.07. The molecule has 0 unspecified atom stereocenters. The quantitative estimate of drug-likeness (QED) is 0.810. The SMILES string of the molecule is CCSc1c(CC(C)C)cnc2c1c(=O)n(C)c(=O)n2C. The lowest BCUT2D eigenvalue weighted by atomic mass is 10.0. The molecule has 5 nitrogen and oxygen atoms in total. The summed E-state index contributed by atoms with van der Waals surface area (Å²) in [6, 6.07) is 0. The highest BCUT2D eigenvalue weighted by Gasteiger charge is 2.17. The zero-order valence-electron chi connectivity index (χ0n) is 13.1. The number of aryl methyl sites for hydroxylation is 1. The molecule has 0 aliphatic heterocycles. The van der Waals surface area contributed by atoms with Crippen LogP contribution in [-0.2, 0) is 20.5 Å². The largest absolute Gasteiger partial charge is 0.332 e. The maximum Gasteiger partial charge on any atom is 0.332 e. The predicted octanol–water partition coefficient (Wildman–Crippen LogP) is 1.94. The van der Waals surface area contributed by atoms with Crippen molar-refractivity contribution in [3.05, 3.63) is 32.6 Å². The topological polar surface area (TPSA) is 56.9 Å². The molecule has 0 bridgehead atoms. The monoisotopic (exact) mass is 307 g/mol. The summed E-state index contributed by atoms with van der Waals surface area (Å²) in [6.45, 7) is 6.34. The molecular formula is C15H21N3O2S. The molecule has 0 saturated carbocycles. The van der Waals surface area contributed by atoms with E-state index in [1.807, 2.05) is 0 Å². The summed E-state index contributed by atoms with van der Waals surface area (Å²) in [6.07, 6.45) is 2.68. The molecule has 0 fully saturated rings. The predicted molar refractivity (Wildman–Crippen MR) is 87.2 cm³/mol. The third-order valence-electron chi connectivity index (χ3n) is 3.41. The van der Waals surface area contributed by atoms with Gasteiger partial charge in [-0.2, -0.15) is 0 Å². The van der Waals surface area contributed by atoms with Gasteiger partial charge in [0.2, 0.25) is 0 Å². The van der Waals surface area contributed by atoms with Crippen molar-refractivity contribution in [3.63, 3.8) is 0 Å². The van der Waals surface area contributed by atoms with Gasteiger partial charge in [-0.25, -0.2) is 9.78 Å². The van der Waals surface area contributed by atoms with Crippen molar-refractivity contribution in [3.8, 4) is 0 Å². The number of aromatic nitrogens is 3. The molecule has 0 radical (unpaired) electrons. The molecule has 0 aliphatic carbocycles. The molecule has 2 aromatic heterocycles. The van der Waals surface area contributed by atoms with E-state index in [1.54, 1.807) is 25.0 Å². The van der Waals surface area contributed by atoms with Gasteiger partial charge in [-0.3, -0.25) is 13.9 Å². The first kappa shape index (κ1) is 15.8. The Labute approximate surface area is 128 Å². The van der Waals surface area contributed by atoms with Crippen molar-refractivity contribution in [2.24, 2.45) is 20.0 Å². The average Bonchev–Trinajstić information content (AvgIpc) is 2.44. The molecule has 6 heteroatoms. The molecule has 2 aromatic rings. The molecule has 0 spiro atoms. The molecular weight excluding hydrogens is 286 g/mol. The van der Waals surface area contributed by atoms with Crippen LogP contribution in [0.15, 0.2) is 20.7 Å². The third-order valence-corrected chi connectivity index (χ3v) is 4.46. The Morgan fingerprint density at radius 2 is 1.90 bits per heavy atom.